The van der Waals surface area contributed by atoms with Crippen molar-refractivity contribution in [2.45, 2.75) is 51.8 Å². The predicted molar refractivity (Wildman–Crippen MR) is 75.4 cm³/mol. The van der Waals surface area contributed by atoms with E-state index in [0.29, 0.717) is 12.2 Å². The summed E-state index contributed by atoms with van der Waals surface area (Å²) in [6, 6.07) is 5.73. The summed E-state index contributed by atoms with van der Waals surface area (Å²) in [4.78, 5) is 11.4. The molecular weight excluding hydrogens is 261 g/mol. The van der Waals surface area contributed by atoms with Gasteiger partial charge in [0.05, 0.1) is 6.10 Å². The molecule has 0 radical (unpaired) electrons. The van der Waals surface area contributed by atoms with Gasteiger partial charge in [-0.2, -0.15) is 0 Å². The minimum absolute atomic E-state index is 0.0501. The van der Waals surface area contributed by atoms with E-state index >= 15 is 0 Å². The maximum absolute atomic E-state index is 12.8. The molecule has 1 aromatic carbocycles. The first kappa shape index (κ1) is 16.4. The number of rotatable bonds is 7. The molecular formula is C15H22FNO3. The molecule has 0 heterocycles. The van der Waals surface area contributed by atoms with E-state index in [4.69, 9.17) is 4.74 Å². The number of hydrogen-bond donors (Lipinski definition) is 2. The van der Waals surface area contributed by atoms with Gasteiger partial charge in [-0.05, 0) is 52.0 Å². The molecule has 112 valence electrons. The zero-order chi connectivity index (χ0) is 15.3. The van der Waals surface area contributed by atoms with Gasteiger partial charge in [0.15, 0.2) is 0 Å². The quantitative estimate of drug-likeness (QED) is 0.808. The highest BCUT2D eigenvalue weighted by atomic mass is 19.1. The zero-order valence-corrected chi connectivity index (χ0v) is 12.3. The Hall–Kier alpha value is -1.62. The molecule has 4 nitrogen and oxygen atoms in total. The van der Waals surface area contributed by atoms with Gasteiger partial charge in [-0.1, -0.05) is 0 Å². The van der Waals surface area contributed by atoms with Crippen molar-refractivity contribution in [1.29, 1.82) is 0 Å². The highest BCUT2D eigenvalue weighted by Gasteiger charge is 2.35. The van der Waals surface area contributed by atoms with Gasteiger partial charge < -0.3 is 9.84 Å². The second-order valence-corrected chi connectivity index (χ2v) is 5.52. The van der Waals surface area contributed by atoms with Crippen molar-refractivity contribution in [2.24, 2.45) is 0 Å². The van der Waals surface area contributed by atoms with E-state index in [1.165, 1.54) is 24.3 Å². The van der Waals surface area contributed by atoms with Crippen molar-refractivity contribution in [3.63, 3.8) is 0 Å². The number of halogens is 1. The van der Waals surface area contributed by atoms with Crippen LogP contribution in [0.25, 0.3) is 0 Å². The summed E-state index contributed by atoms with van der Waals surface area (Å²) in [5, 5.41) is 12.4. The Morgan fingerprint density at radius 1 is 1.35 bits per heavy atom. The summed E-state index contributed by atoms with van der Waals surface area (Å²) >= 11 is 0. The highest BCUT2D eigenvalue weighted by molar-refractivity contribution is 5.78. The molecule has 0 amide bonds. The van der Waals surface area contributed by atoms with Crippen molar-refractivity contribution < 1.29 is 19.0 Å². The smallest absolute Gasteiger partial charge is 0.323 e. The van der Waals surface area contributed by atoms with Gasteiger partial charge in [0.2, 0.25) is 0 Å². The molecule has 0 spiro atoms. The molecule has 0 aliphatic carbocycles. The van der Waals surface area contributed by atoms with Crippen LogP contribution in [0.3, 0.4) is 0 Å². The SMILES string of the molecule is CC(C)NC(C)(CC(C)Oc1ccc(F)cc1)C(=O)O. The van der Waals surface area contributed by atoms with Crippen LogP contribution in [0.1, 0.15) is 34.1 Å². The first-order valence-corrected chi connectivity index (χ1v) is 6.66. The number of carbonyl (C=O) groups is 1. The molecule has 0 aliphatic rings. The first-order valence-electron chi connectivity index (χ1n) is 6.66. The van der Waals surface area contributed by atoms with Crippen molar-refractivity contribution in [1.82, 2.24) is 5.32 Å². The Labute approximate surface area is 119 Å². The Bertz CT molecular complexity index is 447. The largest absolute Gasteiger partial charge is 0.491 e. The van der Waals surface area contributed by atoms with Crippen LogP contribution in [0.4, 0.5) is 4.39 Å². The maximum atomic E-state index is 12.8. The minimum atomic E-state index is -1.06. The van der Waals surface area contributed by atoms with E-state index in [9.17, 15) is 14.3 Å². The standard InChI is InChI=1S/C15H22FNO3/c1-10(2)17-15(4,14(18)19)9-11(3)20-13-7-5-12(16)6-8-13/h5-8,10-11,17H,9H2,1-4H3,(H,18,19). The first-order chi connectivity index (χ1) is 9.23. The van der Waals surface area contributed by atoms with Crippen LogP contribution in [0, 0.1) is 5.82 Å². The van der Waals surface area contributed by atoms with E-state index in [2.05, 4.69) is 5.32 Å². The normalized spacial score (nSPS) is 15.7. The van der Waals surface area contributed by atoms with E-state index in [-0.39, 0.29) is 18.0 Å². The van der Waals surface area contributed by atoms with Crippen LogP contribution in [0.15, 0.2) is 24.3 Å². The number of ether oxygens (including phenoxy) is 1. The molecule has 0 bridgehead atoms. The van der Waals surface area contributed by atoms with Crippen LogP contribution < -0.4 is 10.1 Å². The van der Waals surface area contributed by atoms with Crippen molar-refractivity contribution in [2.75, 3.05) is 0 Å². The van der Waals surface area contributed by atoms with Gasteiger partial charge >= 0.3 is 5.97 Å². The fourth-order valence-electron chi connectivity index (χ4n) is 2.21. The molecule has 5 heteroatoms. The fourth-order valence-corrected chi connectivity index (χ4v) is 2.21. The molecule has 2 atom stereocenters. The van der Waals surface area contributed by atoms with Gasteiger partial charge in [0.25, 0.3) is 0 Å². The maximum Gasteiger partial charge on any atom is 0.323 e. The summed E-state index contributed by atoms with van der Waals surface area (Å²) < 4.78 is 18.4. The summed E-state index contributed by atoms with van der Waals surface area (Å²) in [5.74, 6) is -0.723. The van der Waals surface area contributed by atoms with Crippen LogP contribution in [-0.2, 0) is 4.79 Å². The molecule has 2 unspecified atom stereocenters. The van der Waals surface area contributed by atoms with Gasteiger partial charge in [0, 0.05) is 12.5 Å². The van der Waals surface area contributed by atoms with Gasteiger partial charge in [-0.3, -0.25) is 10.1 Å². The number of hydrogen-bond acceptors (Lipinski definition) is 3. The molecule has 1 rings (SSSR count). The summed E-state index contributed by atoms with van der Waals surface area (Å²) in [5.41, 5.74) is -1.06. The number of nitrogens with one attached hydrogen (secondary N) is 1. The third-order valence-electron chi connectivity index (χ3n) is 2.93. The molecule has 0 fully saturated rings. The highest BCUT2D eigenvalue weighted by Crippen LogP contribution is 2.19. The van der Waals surface area contributed by atoms with Crippen molar-refractivity contribution >= 4 is 5.97 Å². The van der Waals surface area contributed by atoms with Crippen LogP contribution in [0.5, 0.6) is 5.75 Å². The number of aliphatic carboxylic acids is 1. The predicted octanol–water partition coefficient (Wildman–Crippen LogP) is 2.82. The van der Waals surface area contributed by atoms with Crippen molar-refractivity contribution in [3.05, 3.63) is 30.1 Å². The van der Waals surface area contributed by atoms with E-state index in [0.717, 1.165) is 0 Å². The van der Waals surface area contributed by atoms with Gasteiger partial charge in [-0.15, -0.1) is 0 Å². The second kappa shape index (κ2) is 6.70. The summed E-state index contributed by atoms with van der Waals surface area (Å²) in [6.07, 6.45) is -0.00875. The lowest BCUT2D eigenvalue weighted by molar-refractivity contribution is -0.145. The molecule has 20 heavy (non-hydrogen) atoms. The van der Waals surface area contributed by atoms with Gasteiger partial charge in [0.1, 0.15) is 17.1 Å². The monoisotopic (exact) mass is 283 g/mol. The Morgan fingerprint density at radius 2 is 1.90 bits per heavy atom. The van der Waals surface area contributed by atoms with Crippen LogP contribution >= 0.6 is 0 Å². The van der Waals surface area contributed by atoms with Gasteiger partial charge in [-0.25, -0.2) is 4.39 Å². The number of carboxylic acids is 1. The third-order valence-corrected chi connectivity index (χ3v) is 2.93. The molecule has 0 aromatic heterocycles. The third kappa shape index (κ3) is 4.81. The molecule has 0 aliphatic heterocycles. The molecule has 2 N–H and O–H groups in total. The lowest BCUT2D eigenvalue weighted by Crippen LogP contribution is -2.54. The zero-order valence-electron chi connectivity index (χ0n) is 12.3. The number of carboxylic acid groups (broad SMARTS) is 1. The van der Waals surface area contributed by atoms with E-state index in [1.807, 2.05) is 13.8 Å². The second-order valence-electron chi connectivity index (χ2n) is 5.52. The fraction of sp³-hybridized carbons (Fsp3) is 0.533. The lowest BCUT2D eigenvalue weighted by atomic mass is 9.94. The summed E-state index contributed by atoms with van der Waals surface area (Å²) in [6.45, 7) is 7.23. The van der Waals surface area contributed by atoms with Crippen LogP contribution in [-0.4, -0.2) is 28.8 Å². The Morgan fingerprint density at radius 3 is 2.35 bits per heavy atom. The molecule has 0 saturated heterocycles. The Balaban J connectivity index is 2.69. The average molecular weight is 283 g/mol. The lowest BCUT2D eigenvalue weighted by Gasteiger charge is -2.31. The average Bonchev–Trinajstić information content (AvgIpc) is 2.30. The van der Waals surface area contributed by atoms with E-state index in [1.54, 1.807) is 13.8 Å². The molecule has 0 saturated carbocycles. The Kier molecular flexibility index (Phi) is 5.51. The van der Waals surface area contributed by atoms with Crippen molar-refractivity contribution in [3.8, 4) is 5.75 Å². The topological polar surface area (TPSA) is 58.6 Å². The molecule has 1 aromatic rings. The van der Waals surface area contributed by atoms with Crippen LogP contribution in [0.2, 0.25) is 0 Å². The minimum Gasteiger partial charge on any atom is -0.491 e. The van der Waals surface area contributed by atoms with E-state index < -0.39 is 11.5 Å². The summed E-state index contributed by atoms with van der Waals surface area (Å²) in [7, 11) is 0. The number of benzene rings is 1.